The monoisotopic (exact) mass is 299 g/mol. The molecule has 0 fully saturated rings. The predicted octanol–water partition coefficient (Wildman–Crippen LogP) is 3.37. The van der Waals surface area contributed by atoms with Crippen molar-refractivity contribution in [1.29, 1.82) is 0 Å². The average molecular weight is 300 g/mol. The lowest BCUT2D eigenvalue weighted by Crippen LogP contribution is -2.30. The van der Waals surface area contributed by atoms with Crippen LogP contribution in [0.2, 0.25) is 0 Å². The highest BCUT2D eigenvalue weighted by Crippen LogP contribution is 2.27. The Balaban J connectivity index is 2.77. The van der Waals surface area contributed by atoms with Gasteiger partial charge in [-0.3, -0.25) is 4.79 Å². The Labute approximate surface area is 111 Å². The molecule has 17 heavy (non-hydrogen) atoms. The molecule has 2 unspecified atom stereocenters. The van der Waals surface area contributed by atoms with Crippen molar-refractivity contribution in [3.63, 3.8) is 0 Å². The summed E-state index contributed by atoms with van der Waals surface area (Å²) in [6.45, 7) is 5.85. The number of aryl methyl sites for hydroxylation is 1. The molecule has 0 aliphatic heterocycles. The van der Waals surface area contributed by atoms with Gasteiger partial charge in [-0.05, 0) is 48.3 Å². The first-order valence-corrected chi connectivity index (χ1v) is 6.36. The number of esters is 1. The first-order valence-electron chi connectivity index (χ1n) is 5.56. The summed E-state index contributed by atoms with van der Waals surface area (Å²) in [7, 11) is 1.41. The van der Waals surface area contributed by atoms with Crippen LogP contribution in [-0.2, 0) is 9.53 Å². The fraction of sp³-hybridized carbons (Fsp3) is 0.462. The van der Waals surface area contributed by atoms with Crippen LogP contribution >= 0.6 is 15.9 Å². The third kappa shape index (κ3) is 3.46. The molecule has 4 heteroatoms. The molecule has 94 valence electrons. The van der Waals surface area contributed by atoms with Crippen molar-refractivity contribution in [1.82, 2.24) is 0 Å². The van der Waals surface area contributed by atoms with Gasteiger partial charge in [-0.1, -0.05) is 12.1 Å². The van der Waals surface area contributed by atoms with Gasteiger partial charge in [0.1, 0.15) is 0 Å². The number of halogens is 1. The van der Waals surface area contributed by atoms with Gasteiger partial charge in [-0.15, -0.1) is 0 Å². The smallest absolute Gasteiger partial charge is 0.310 e. The molecule has 1 aromatic carbocycles. The maximum Gasteiger partial charge on any atom is 0.310 e. The second-order valence-electron chi connectivity index (χ2n) is 4.18. The maximum absolute atomic E-state index is 11.4. The molecule has 2 atom stereocenters. The van der Waals surface area contributed by atoms with Crippen LogP contribution in [0.1, 0.15) is 19.4 Å². The van der Waals surface area contributed by atoms with Crippen LogP contribution in [-0.4, -0.2) is 19.1 Å². The molecule has 0 saturated heterocycles. The van der Waals surface area contributed by atoms with E-state index in [2.05, 4.69) is 21.2 Å². The standard InChI is InChI=1S/C13H18BrNO2/c1-8-6-5-7-11(12(8)14)15-10(3)9(2)13(16)17-4/h5-7,9-10,15H,1-4H3. The van der Waals surface area contributed by atoms with E-state index in [0.29, 0.717) is 0 Å². The van der Waals surface area contributed by atoms with Gasteiger partial charge in [0.2, 0.25) is 0 Å². The van der Waals surface area contributed by atoms with Gasteiger partial charge in [0.05, 0.1) is 13.0 Å². The van der Waals surface area contributed by atoms with E-state index >= 15 is 0 Å². The minimum Gasteiger partial charge on any atom is -0.469 e. The largest absolute Gasteiger partial charge is 0.469 e. The third-order valence-electron chi connectivity index (χ3n) is 2.90. The van der Waals surface area contributed by atoms with Gasteiger partial charge >= 0.3 is 5.97 Å². The maximum atomic E-state index is 11.4. The molecule has 0 aromatic heterocycles. The summed E-state index contributed by atoms with van der Waals surface area (Å²) in [5, 5.41) is 3.32. The Kier molecular flexibility index (Phi) is 5.00. The summed E-state index contributed by atoms with van der Waals surface area (Å²) in [5.74, 6) is -0.388. The van der Waals surface area contributed by atoms with Crippen molar-refractivity contribution in [2.45, 2.75) is 26.8 Å². The predicted molar refractivity (Wildman–Crippen MR) is 73.1 cm³/mol. The molecule has 3 nitrogen and oxygen atoms in total. The normalized spacial score (nSPS) is 13.9. The molecule has 0 aliphatic carbocycles. The number of carbonyl (C=O) groups is 1. The zero-order chi connectivity index (χ0) is 13.0. The number of nitrogens with one attached hydrogen (secondary N) is 1. The minimum absolute atomic E-state index is 0.0144. The molecule has 0 saturated carbocycles. The van der Waals surface area contributed by atoms with Crippen LogP contribution in [0.3, 0.4) is 0 Å². The summed E-state index contributed by atoms with van der Waals surface area (Å²) in [4.78, 5) is 11.4. The number of ether oxygens (including phenoxy) is 1. The van der Waals surface area contributed by atoms with Crippen LogP contribution in [0.15, 0.2) is 22.7 Å². The molecule has 1 N–H and O–H groups in total. The minimum atomic E-state index is -0.200. The Hall–Kier alpha value is -1.03. The molecular formula is C13H18BrNO2. The van der Waals surface area contributed by atoms with E-state index in [0.717, 1.165) is 15.7 Å². The number of rotatable bonds is 4. The summed E-state index contributed by atoms with van der Waals surface area (Å²) in [6, 6.07) is 6.01. The number of carbonyl (C=O) groups excluding carboxylic acids is 1. The topological polar surface area (TPSA) is 38.3 Å². The van der Waals surface area contributed by atoms with Gasteiger partial charge in [-0.25, -0.2) is 0 Å². The SMILES string of the molecule is COC(=O)C(C)C(C)Nc1cccc(C)c1Br. The van der Waals surface area contributed by atoms with Crippen molar-refractivity contribution in [3.05, 3.63) is 28.2 Å². The Morgan fingerprint density at radius 1 is 1.41 bits per heavy atom. The van der Waals surface area contributed by atoms with Gasteiger partial charge in [0.15, 0.2) is 0 Å². The Morgan fingerprint density at radius 3 is 2.65 bits per heavy atom. The molecule has 0 amide bonds. The van der Waals surface area contributed by atoms with Crippen molar-refractivity contribution in [2.24, 2.45) is 5.92 Å². The summed E-state index contributed by atoms with van der Waals surface area (Å²) >= 11 is 3.53. The van der Waals surface area contributed by atoms with Gasteiger partial charge < -0.3 is 10.1 Å². The zero-order valence-electron chi connectivity index (χ0n) is 10.6. The average Bonchev–Trinajstić information content (AvgIpc) is 2.32. The summed E-state index contributed by atoms with van der Waals surface area (Å²) in [5.41, 5.74) is 2.15. The third-order valence-corrected chi connectivity index (χ3v) is 3.95. The van der Waals surface area contributed by atoms with Crippen LogP contribution in [0, 0.1) is 12.8 Å². The Bertz CT molecular complexity index is 406. The van der Waals surface area contributed by atoms with E-state index in [1.165, 1.54) is 7.11 Å². The van der Waals surface area contributed by atoms with Gasteiger partial charge in [0, 0.05) is 16.2 Å². The van der Waals surface area contributed by atoms with E-state index < -0.39 is 0 Å². The van der Waals surface area contributed by atoms with Crippen LogP contribution in [0.5, 0.6) is 0 Å². The summed E-state index contributed by atoms with van der Waals surface area (Å²) < 4.78 is 5.77. The molecule has 0 heterocycles. The fourth-order valence-corrected chi connectivity index (χ4v) is 1.90. The number of hydrogen-bond acceptors (Lipinski definition) is 3. The van der Waals surface area contributed by atoms with Crippen LogP contribution in [0.4, 0.5) is 5.69 Å². The van der Waals surface area contributed by atoms with Gasteiger partial charge in [-0.2, -0.15) is 0 Å². The first kappa shape index (κ1) is 14.0. The van der Waals surface area contributed by atoms with Crippen molar-refractivity contribution < 1.29 is 9.53 Å². The molecule has 0 spiro atoms. The Morgan fingerprint density at radius 2 is 2.06 bits per heavy atom. The number of benzene rings is 1. The van der Waals surface area contributed by atoms with Crippen LogP contribution < -0.4 is 5.32 Å². The summed E-state index contributed by atoms with van der Waals surface area (Å²) in [6.07, 6.45) is 0. The lowest BCUT2D eigenvalue weighted by atomic mass is 10.0. The van der Waals surface area contributed by atoms with Crippen LogP contribution in [0.25, 0.3) is 0 Å². The zero-order valence-corrected chi connectivity index (χ0v) is 12.2. The molecule has 1 rings (SSSR count). The first-order chi connectivity index (χ1) is 7.97. The van der Waals surface area contributed by atoms with Crippen molar-refractivity contribution in [3.8, 4) is 0 Å². The molecule has 0 aliphatic rings. The second kappa shape index (κ2) is 6.05. The van der Waals surface area contributed by atoms with E-state index in [9.17, 15) is 4.79 Å². The number of hydrogen-bond donors (Lipinski definition) is 1. The lowest BCUT2D eigenvalue weighted by Gasteiger charge is -2.21. The quantitative estimate of drug-likeness (QED) is 0.866. The van der Waals surface area contributed by atoms with E-state index in [-0.39, 0.29) is 17.9 Å². The van der Waals surface area contributed by atoms with Gasteiger partial charge in [0.25, 0.3) is 0 Å². The number of anilines is 1. The highest BCUT2D eigenvalue weighted by atomic mass is 79.9. The molecule has 1 aromatic rings. The van der Waals surface area contributed by atoms with E-state index in [4.69, 9.17) is 4.74 Å². The second-order valence-corrected chi connectivity index (χ2v) is 4.97. The van der Waals surface area contributed by atoms with Crippen molar-refractivity contribution >= 4 is 27.6 Å². The number of methoxy groups -OCH3 is 1. The van der Waals surface area contributed by atoms with E-state index in [1.54, 1.807) is 0 Å². The molecule has 0 radical (unpaired) electrons. The fourth-order valence-electron chi connectivity index (χ4n) is 1.52. The lowest BCUT2D eigenvalue weighted by molar-refractivity contribution is -0.145. The highest BCUT2D eigenvalue weighted by molar-refractivity contribution is 9.10. The molecule has 0 bridgehead atoms. The van der Waals surface area contributed by atoms with E-state index in [1.807, 2.05) is 39.0 Å². The molecular weight excluding hydrogens is 282 g/mol. The highest BCUT2D eigenvalue weighted by Gasteiger charge is 2.21. The van der Waals surface area contributed by atoms with Crippen molar-refractivity contribution in [2.75, 3.05) is 12.4 Å².